The Morgan fingerprint density at radius 1 is 0.607 bits per heavy atom. The van der Waals surface area contributed by atoms with E-state index < -0.39 is 24.4 Å². The van der Waals surface area contributed by atoms with Gasteiger partial charge in [-0.1, -0.05) is 24.0 Å². The number of fused-ring (bicyclic) bond motifs is 2. The molecule has 2 fully saturated rings. The Labute approximate surface area is 163 Å². The van der Waals surface area contributed by atoms with Crippen molar-refractivity contribution in [1.29, 1.82) is 0 Å². The standard InChI is InChI=1S/C22H26O6/c23-17-5-3-11(13-7-19(25)21(27)9-15(13)17)1-2-12-4-6-18(24)16-10-22(28)20(26)8-14(12)16/h3-4,13-16,19-22,25-28H,5-10H2/t13-,14-,15+,16+,19-,20-,21+,22+/m1/s1. The van der Waals surface area contributed by atoms with Crippen molar-refractivity contribution in [2.75, 3.05) is 0 Å². The van der Waals surface area contributed by atoms with E-state index in [2.05, 4.69) is 11.8 Å². The van der Waals surface area contributed by atoms with Crippen LogP contribution >= 0.6 is 0 Å². The van der Waals surface area contributed by atoms with Crippen molar-refractivity contribution in [1.82, 2.24) is 0 Å². The summed E-state index contributed by atoms with van der Waals surface area (Å²) in [6, 6.07) is 0. The minimum Gasteiger partial charge on any atom is -0.390 e. The van der Waals surface area contributed by atoms with E-state index in [4.69, 9.17) is 0 Å². The fourth-order valence-corrected chi connectivity index (χ4v) is 5.18. The van der Waals surface area contributed by atoms with Gasteiger partial charge in [0.15, 0.2) is 0 Å². The summed E-state index contributed by atoms with van der Waals surface area (Å²) in [4.78, 5) is 24.5. The molecular formula is C22H26O6. The van der Waals surface area contributed by atoms with Crippen LogP contribution in [-0.2, 0) is 9.59 Å². The average Bonchev–Trinajstić information content (AvgIpc) is 2.66. The maximum atomic E-state index is 12.2. The predicted molar refractivity (Wildman–Crippen MR) is 99.6 cm³/mol. The zero-order chi connectivity index (χ0) is 20.0. The van der Waals surface area contributed by atoms with Gasteiger partial charge in [0.2, 0.25) is 0 Å². The van der Waals surface area contributed by atoms with Crippen LogP contribution in [0, 0.1) is 35.5 Å². The van der Waals surface area contributed by atoms with E-state index in [1.54, 1.807) is 0 Å². The molecule has 0 aromatic carbocycles. The van der Waals surface area contributed by atoms with Gasteiger partial charge in [0, 0.05) is 47.7 Å². The summed E-state index contributed by atoms with van der Waals surface area (Å²) in [6.45, 7) is 0. The van der Waals surface area contributed by atoms with Gasteiger partial charge >= 0.3 is 0 Å². The van der Waals surface area contributed by atoms with Crippen molar-refractivity contribution in [3.63, 3.8) is 0 Å². The second kappa shape index (κ2) is 7.57. The predicted octanol–water partition coefficient (Wildman–Crippen LogP) is 0.284. The fraction of sp³-hybridized carbons (Fsp3) is 0.636. The number of ketones is 2. The Hall–Kier alpha value is -1.78. The van der Waals surface area contributed by atoms with Gasteiger partial charge in [-0.25, -0.2) is 0 Å². The third-order valence-electron chi connectivity index (χ3n) is 6.86. The first kappa shape index (κ1) is 19.5. The molecule has 0 aromatic heterocycles. The molecule has 6 heteroatoms. The number of hydrogen-bond acceptors (Lipinski definition) is 6. The number of allylic oxidation sites excluding steroid dienone is 4. The lowest BCUT2D eigenvalue weighted by Gasteiger charge is -2.39. The van der Waals surface area contributed by atoms with E-state index in [0.717, 1.165) is 11.1 Å². The lowest BCUT2D eigenvalue weighted by molar-refractivity contribution is -0.130. The number of aliphatic hydroxyl groups excluding tert-OH is 4. The summed E-state index contributed by atoms with van der Waals surface area (Å²) in [5.74, 6) is 5.48. The van der Waals surface area contributed by atoms with Crippen LogP contribution in [0.4, 0.5) is 0 Å². The highest BCUT2D eigenvalue weighted by atomic mass is 16.3. The molecule has 0 aliphatic heterocycles. The summed E-state index contributed by atoms with van der Waals surface area (Å²) < 4.78 is 0. The molecule has 0 aromatic rings. The van der Waals surface area contributed by atoms with E-state index in [0.29, 0.717) is 12.8 Å². The third-order valence-corrected chi connectivity index (χ3v) is 6.86. The van der Waals surface area contributed by atoms with Gasteiger partial charge in [0.05, 0.1) is 24.4 Å². The highest BCUT2D eigenvalue weighted by Crippen LogP contribution is 2.41. The van der Waals surface area contributed by atoms with Crippen molar-refractivity contribution in [2.45, 2.75) is 62.9 Å². The molecule has 0 saturated heterocycles. The summed E-state index contributed by atoms with van der Waals surface area (Å²) in [5, 5.41) is 39.9. The normalized spacial score (nSPS) is 43.1. The molecule has 0 heterocycles. The molecule has 4 aliphatic carbocycles. The van der Waals surface area contributed by atoms with Gasteiger partial charge in [-0.05, 0) is 25.7 Å². The van der Waals surface area contributed by atoms with E-state index in [9.17, 15) is 30.0 Å². The highest BCUT2D eigenvalue weighted by Gasteiger charge is 2.43. The molecule has 0 bridgehead atoms. The van der Waals surface area contributed by atoms with Gasteiger partial charge in [0.1, 0.15) is 11.6 Å². The minimum absolute atomic E-state index is 0.0773. The van der Waals surface area contributed by atoms with Gasteiger partial charge in [-0.15, -0.1) is 0 Å². The maximum absolute atomic E-state index is 12.2. The maximum Gasteiger partial charge on any atom is 0.140 e. The van der Waals surface area contributed by atoms with Crippen LogP contribution in [0.1, 0.15) is 38.5 Å². The van der Waals surface area contributed by atoms with Crippen LogP contribution < -0.4 is 0 Å². The second-order valence-electron chi connectivity index (χ2n) is 8.55. The summed E-state index contributed by atoms with van der Waals surface area (Å²) in [5.41, 5.74) is 1.61. The second-order valence-corrected chi connectivity index (χ2v) is 8.55. The van der Waals surface area contributed by atoms with E-state index in [1.807, 2.05) is 12.2 Å². The third kappa shape index (κ3) is 3.48. The van der Waals surface area contributed by atoms with Crippen molar-refractivity contribution in [2.24, 2.45) is 23.7 Å². The molecule has 4 rings (SSSR count). The molecule has 28 heavy (non-hydrogen) atoms. The first-order chi connectivity index (χ1) is 13.3. The lowest BCUT2D eigenvalue weighted by Crippen LogP contribution is -2.44. The van der Waals surface area contributed by atoms with Crippen molar-refractivity contribution in [3.8, 4) is 11.8 Å². The quantitative estimate of drug-likeness (QED) is 0.445. The van der Waals surface area contributed by atoms with Crippen LogP contribution in [0.25, 0.3) is 0 Å². The molecular weight excluding hydrogens is 360 g/mol. The van der Waals surface area contributed by atoms with Gasteiger partial charge in [-0.3, -0.25) is 9.59 Å². The van der Waals surface area contributed by atoms with E-state index in [1.165, 1.54) is 0 Å². The molecule has 0 radical (unpaired) electrons. The molecule has 6 nitrogen and oxygen atoms in total. The Morgan fingerprint density at radius 2 is 0.929 bits per heavy atom. The number of Topliss-reactive ketones (excluding diaryl/α,β-unsaturated/α-hetero) is 2. The molecule has 4 N–H and O–H groups in total. The van der Waals surface area contributed by atoms with Gasteiger partial charge in [-0.2, -0.15) is 0 Å². The van der Waals surface area contributed by atoms with Crippen LogP contribution in [0.3, 0.4) is 0 Å². The molecule has 0 unspecified atom stereocenters. The lowest BCUT2D eigenvalue weighted by atomic mass is 9.67. The van der Waals surface area contributed by atoms with Crippen LogP contribution in [0.2, 0.25) is 0 Å². The van der Waals surface area contributed by atoms with Crippen LogP contribution in [0.15, 0.2) is 23.3 Å². The zero-order valence-corrected chi connectivity index (χ0v) is 15.6. The van der Waals surface area contributed by atoms with Crippen LogP contribution in [-0.4, -0.2) is 56.4 Å². The van der Waals surface area contributed by atoms with E-state index in [-0.39, 0.29) is 60.9 Å². The first-order valence-electron chi connectivity index (χ1n) is 10.0. The minimum atomic E-state index is -0.875. The van der Waals surface area contributed by atoms with Crippen molar-refractivity contribution < 1.29 is 30.0 Å². The Kier molecular flexibility index (Phi) is 5.28. The topological polar surface area (TPSA) is 115 Å². The Balaban J connectivity index is 1.58. The largest absolute Gasteiger partial charge is 0.390 e. The fourth-order valence-electron chi connectivity index (χ4n) is 5.18. The first-order valence-corrected chi connectivity index (χ1v) is 10.0. The molecule has 8 atom stereocenters. The molecule has 2 saturated carbocycles. The number of carbonyl (C=O) groups excluding carboxylic acids is 2. The molecule has 150 valence electrons. The smallest absolute Gasteiger partial charge is 0.140 e. The molecule has 0 spiro atoms. The summed E-state index contributed by atoms with van der Waals surface area (Å²) >= 11 is 0. The monoisotopic (exact) mass is 386 g/mol. The average molecular weight is 386 g/mol. The summed E-state index contributed by atoms with van der Waals surface area (Å²) in [7, 11) is 0. The number of rotatable bonds is 0. The van der Waals surface area contributed by atoms with Crippen LogP contribution in [0.5, 0.6) is 0 Å². The molecule has 0 amide bonds. The number of carbonyl (C=O) groups is 2. The van der Waals surface area contributed by atoms with Crippen molar-refractivity contribution in [3.05, 3.63) is 23.3 Å². The van der Waals surface area contributed by atoms with Crippen molar-refractivity contribution >= 4 is 11.6 Å². The number of hydrogen-bond donors (Lipinski definition) is 4. The van der Waals surface area contributed by atoms with Gasteiger partial charge in [0.25, 0.3) is 0 Å². The highest BCUT2D eigenvalue weighted by molar-refractivity contribution is 5.86. The summed E-state index contributed by atoms with van der Waals surface area (Å²) in [6.07, 6.45) is 1.86. The Bertz CT molecular complexity index is 736. The van der Waals surface area contributed by atoms with Gasteiger partial charge < -0.3 is 20.4 Å². The SMILES string of the molecule is O=C1CC=C(C#CC2=CCC(=O)[C@H]3C[C@H](O)[C@H](O)C[C@H]23)[C@H]2C[C@@H](O)[C@@H](O)C[C@H]12. The molecule has 4 aliphatic rings. The zero-order valence-electron chi connectivity index (χ0n) is 15.6. The Morgan fingerprint density at radius 3 is 1.29 bits per heavy atom. The number of aliphatic hydroxyl groups is 4. The van der Waals surface area contributed by atoms with E-state index >= 15 is 0 Å².